The van der Waals surface area contributed by atoms with Gasteiger partial charge < -0.3 is 28.6 Å². The van der Waals surface area contributed by atoms with Crippen LogP contribution in [0.5, 0.6) is 28.7 Å². The molecule has 0 aliphatic heterocycles. The molecular weight excluding hydrogens is 484 g/mol. The van der Waals surface area contributed by atoms with Gasteiger partial charge in [-0.3, -0.25) is 4.79 Å². The van der Waals surface area contributed by atoms with Crippen molar-refractivity contribution < 1.29 is 28.8 Å². The Morgan fingerprint density at radius 3 is 2.45 bits per heavy atom. The van der Waals surface area contributed by atoms with E-state index in [2.05, 4.69) is 15.6 Å². The summed E-state index contributed by atoms with van der Waals surface area (Å²) in [6, 6.07) is 17.0. The third-order valence-electron chi connectivity index (χ3n) is 6.27. The van der Waals surface area contributed by atoms with E-state index in [1.54, 1.807) is 6.08 Å². The highest BCUT2D eigenvalue weighted by molar-refractivity contribution is 6.11. The highest BCUT2D eigenvalue weighted by atomic mass is 16.5. The predicted octanol–water partition coefficient (Wildman–Crippen LogP) is 5.83. The summed E-state index contributed by atoms with van der Waals surface area (Å²) in [5.41, 5.74) is 2.89. The highest BCUT2D eigenvalue weighted by Crippen LogP contribution is 2.45. The monoisotopic (exact) mass is 516 g/mol. The van der Waals surface area contributed by atoms with E-state index in [1.165, 1.54) is 33.5 Å². The van der Waals surface area contributed by atoms with Gasteiger partial charge in [-0.1, -0.05) is 30.3 Å². The number of aromatic nitrogens is 2. The largest absolute Gasteiger partial charge is 0.507 e. The molecule has 0 saturated heterocycles. The first-order valence-electron chi connectivity index (χ1n) is 12.4. The molecule has 1 heterocycles. The molecule has 38 heavy (non-hydrogen) atoms. The molecule has 0 aliphatic rings. The normalized spacial score (nSPS) is 11.2. The maximum atomic E-state index is 13.1. The Labute approximate surface area is 222 Å². The number of unbranched alkanes of at least 4 members (excludes halogenated alkanes) is 1. The van der Waals surface area contributed by atoms with Crippen LogP contribution in [0.1, 0.15) is 34.6 Å². The number of hydrogen-bond acceptors (Lipinski definition) is 7. The summed E-state index contributed by atoms with van der Waals surface area (Å²) >= 11 is 0. The molecule has 198 valence electrons. The average Bonchev–Trinajstić information content (AvgIpc) is 3.25. The second-order valence-electron chi connectivity index (χ2n) is 8.63. The zero-order valence-corrected chi connectivity index (χ0v) is 22.1. The van der Waals surface area contributed by atoms with Crippen molar-refractivity contribution in [3.05, 3.63) is 77.6 Å². The van der Waals surface area contributed by atoms with Crippen LogP contribution in [-0.4, -0.2) is 48.4 Å². The van der Waals surface area contributed by atoms with E-state index in [-0.39, 0.29) is 28.6 Å². The van der Waals surface area contributed by atoms with Crippen molar-refractivity contribution in [2.75, 3.05) is 27.9 Å². The van der Waals surface area contributed by atoms with Crippen LogP contribution in [0.3, 0.4) is 0 Å². The number of carbonyl (C=O) groups is 1. The van der Waals surface area contributed by atoms with Crippen molar-refractivity contribution in [3.63, 3.8) is 0 Å². The van der Waals surface area contributed by atoms with Gasteiger partial charge >= 0.3 is 0 Å². The molecule has 0 bridgehead atoms. The quantitative estimate of drug-likeness (QED) is 0.144. The molecule has 8 heteroatoms. The second-order valence-corrected chi connectivity index (χ2v) is 8.63. The van der Waals surface area contributed by atoms with Crippen molar-refractivity contribution in [2.45, 2.75) is 26.3 Å². The first-order valence-corrected chi connectivity index (χ1v) is 12.4. The minimum atomic E-state index is -0.446. The van der Waals surface area contributed by atoms with Crippen LogP contribution < -0.4 is 18.9 Å². The van der Waals surface area contributed by atoms with Gasteiger partial charge in [0.25, 0.3) is 0 Å². The number of hydrogen-bond donors (Lipinski definition) is 1. The van der Waals surface area contributed by atoms with Crippen molar-refractivity contribution in [2.24, 2.45) is 0 Å². The van der Waals surface area contributed by atoms with Crippen LogP contribution in [0.25, 0.3) is 17.1 Å². The van der Waals surface area contributed by atoms with E-state index < -0.39 is 5.78 Å². The Hall–Kier alpha value is -4.46. The Morgan fingerprint density at radius 1 is 0.947 bits per heavy atom. The zero-order chi connectivity index (χ0) is 27.1. The maximum absolute atomic E-state index is 13.1. The molecule has 1 N–H and O–H groups in total. The lowest BCUT2D eigenvalue weighted by Crippen LogP contribution is -2.04. The number of aromatic hydroxyl groups is 1. The zero-order valence-electron chi connectivity index (χ0n) is 22.1. The minimum Gasteiger partial charge on any atom is -0.507 e. The molecule has 0 unspecified atom stereocenters. The number of aryl methyl sites for hydroxylation is 2. The van der Waals surface area contributed by atoms with Crippen LogP contribution in [0, 0.1) is 6.92 Å². The molecule has 4 rings (SSSR count). The van der Waals surface area contributed by atoms with Gasteiger partial charge in [0.15, 0.2) is 17.3 Å². The summed E-state index contributed by atoms with van der Waals surface area (Å²) in [7, 11) is 4.28. The molecule has 0 fully saturated rings. The Balaban J connectivity index is 1.41. The van der Waals surface area contributed by atoms with Crippen molar-refractivity contribution in [3.8, 4) is 28.7 Å². The second kappa shape index (κ2) is 12.2. The molecule has 0 atom stereocenters. The van der Waals surface area contributed by atoms with Crippen molar-refractivity contribution in [1.82, 2.24) is 9.55 Å². The van der Waals surface area contributed by atoms with E-state index in [9.17, 15) is 9.90 Å². The maximum Gasteiger partial charge on any atom is 0.204 e. The predicted molar refractivity (Wildman–Crippen MR) is 147 cm³/mol. The van der Waals surface area contributed by atoms with Gasteiger partial charge in [-0.15, -0.1) is 0 Å². The molecular formula is C30H32N2O6. The number of ketones is 1. The molecule has 0 saturated carbocycles. The van der Waals surface area contributed by atoms with E-state index in [1.807, 2.05) is 49.4 Å². The van der Waals surface area contributed by atoms with E-state index in [0.717, 1.165) is 41.8 Å². The molecule has 8 nitrogen and oxygen atoms in total. The fraction of sp³-hybridized carbons (Fsp3) is 0.267. The number of methoxy groups -OCH3 is 3. The summed E-state index contributed by atoms with van der Waals surface area (Å²) in [5, 5.41) is 10.5. The molecule has 0 amide bonds. The van der Waals surface area contributed by atoms with E-state index >= 15 is 0 Å². The minimum absolute atomic E-state index is 0.0119. The van der Waals surface area contributed by atoms with Gasteiger partial charge in [0.2, 0.25) is 5.75 Å². The molecule has 0 spiro atoms. The number of nitrogens with zero attached hydrogens (tertiary/aromatic N) is 2. The standard InChI is InChI=1S/C30H32N2O6/c1-20-31-22-12-6-7-13-23(22)32(20)17-9-10-18-38-26-14-8-5-11-21(26)15-16-24(33)28-25(34)19-27(35-2)29(36-3)30(28)37-4/h5-8,11-16,19,34H,9-10,17-18H2,1-4H3/b16-15+. The van der Waals surface area contributed by atoms with Crippen molar-refractivity contribution in [1.29, 1.82) is 0 Å². The molecule has 3 aromatic carbocycles. The molecule has 4 aromatic rings. The fourth-order valence-electron chi connectivity index (χ4n) is 4.41. The molecule has 1 aromatic heterocycles. The summed E-state index contributed by atoms with van der Waals surface area (Å²) in [4.78, 5) is 17.7. The number of ether oxygens (including phenoxy) is 4. The number of benzene rings is 3. The number of phenolic OH excluding ortho intramolecular Hbond substituents is 1. The van der Waals surface area contributed by atoms with Crippen LogP contribution >= 0.6 is 0 Å². The lowest BCUT2D eigenvalue weighted by Gasteiger charge is -2.15. The lowest BCUT2D eigenvalue weighted by atomic mass is 10.0. The Kier molecular flexibility index (Phi) is 8.53. The topological polar surface area (TPSA) is 92.0 Å². The molecule has 0 radical (unpaired) electrons. The van der Waals surface area contributed by atoms with Crippen molar-refractivity contribution >= 4 is 22.9 Å². The first kappa shape index (κ1) is 26.6. The number of rotatable bonds is 12. The third-order valence-corrected chi connectivity index (χ3v) is 6.27. The Morgan fingerprint density at radius 2 is 1.68 bits per heavy atom. The van der Waals surface area contributed by atoms with Crippen LogP contribution in [-0.2, 0) is 6.54 Å². The average molecular weight is 517 g/mol. The Bertz CT molecular complexity index is 1460. The number of phenols is 1. The van der Waals surface area contributed by atoms with Gasteiger partial charge in [0, 0.05) is 18.2 Å². The highest BCUT2D eigenvalue weighted by Gasteiger charge is 2.24. The van der Waals surface area contributed by atoms with Crippen LogP contribution in [0.4, 0.5) is 0 Å². The number of carbonyl (C=O) groups excluding carboxylic acids is 1. The smallest absolute Gasteiger partial charge is 0.204 e. The number of allylic oxidation sites excluding steroid dienone is 1. The summed E-state index contributed by atoms with van der Waals surface area (Å²) < 4.78 is 24.2. The van der Waals surface area contributed by atoms with Crippen LogP contribution in [0.2, 0.25) is 0 Å². The summed E-state index contributed by atoms with van der Waals surface area (Å²) in [6.45, 7) is 3.43. The van der Waals surface area contributed by atoms with Gasteiger partial charge in [0.1, 0.15) is 22.9 Å². The van der Waals surface area contributed by atoms with Gasteiger partial charge in [0.05, 0.1) is 39.0 Å². The van der Waals surface area contributed by atoms with Gasteiger partial charge in [-0.25, -0.2) is 4.98 Å². The van der Waals surface area contributed by atoms with Gasteiger partial charge in [-0.2, -0.15) is 0 Å². The first-order chi connectivity index (χ1) is 18.5. The van der Waals surface area contributed by atoms with E-state index in [0.29, 0.717) is 12.4 Å². The SMILES string of the molecule is COc1cc(O)c(C(=O)/C=C/c2ccccc2OCCCCn2c(C)nc3ccccc32)c(OC)c1OC. The number of imidazole rings is 1. The van der Waals surface area contributed by atoms with Gasteiger partial charge in [-0.05, 0) is 50.1 Å². The summed E-state index contributed by atoms with van der Waals surface area (Å²) in [5.74, 6) is 1.56. The summed E-state index contributed by atoms with van der Waals surface area (Å²) in [6.07, 6.45) is 4.84. The number of fused-ring (bicyclic) bond motifs is 1. The van der Waals surface area contributed by atoms with E-state index in [4.69, 9.17) is 18.9 Å². The lowest BCUT2D eigenvalue weighted by molar-refractivity contribution is 0.104. The number of para-hydroxylation sites is 3. The van der Waals surface area contributed by atoms with Crippen LogP contribution in [0.15, 0.2) is 60.7 Å². The fourth-order valence-corrected chi connectivity index (χ4v) is 4.41. The molecule has 0 aliphatic carbocycles. The third kappa shape index (κ3) is 5.59.